The average Bonchev–Trinajstić information content (AvgIpc) is 1.88. The van der Waals surface area contributed by atoms with E-state index in [1.807, 2.05) is 6.08 Å². The van der Waals surface area contributed by atoms with E-state index in [4.69, 9.17) is 13.1 Å². The van der Waals surface area contributed by atoms with E-state index >= 15 is 0 Å². The average molecular weight is 137 g/mol. The van der Waals surface area contributed by atoms with Crippen molar-refractivity contribution in [2.45, 2.75) is 12.8 Å². The molecule has 0 aromatic carbocycles. The maximum absolute atomic E-state index is 8.57. The van der Waals surface area contributed by atoms with Crippen LogP contribution in [0.5, 0.6) is 0 Å². The molecule has 2 radical (unpaired) electrons. The fourth-order valence-corrected chi connectivity index (χ4v) is 1.22. The van der Waals surface area contributed by atoms with Crippen molar-refractivity contribution < 1.29 is 5.11 Å². The van der Waals surface area contributed by atoms with Gasteiger partial charge < -0.3 is 9.92 Å². The van der Waals surface area contributed by atoms with Gasteiger partial charge in [-0.2, -0.15) is 0 Å². The summed E-state index contributed by atoms with van der Waals surface area (Å²) in [6.45, 7) is 1.94. The van der Waals surface area contributed by atoms with Gasteiger partial charge in [-0.25, -0.2) is 0 Å². The molecule has 10 heavy (non-hydrogen) atoms. The highest BCUT2D eigenvalue weighted by Gasteiger charge is 2.08. The van der Waals surface area contributed by atoms with Crippen LogP contribution in [0, 0.1) is 0 Å². The van der Waals surface area contributed by atoms with Gasteiger partial charge in [0.25, 0.3) is 0 Å². The van der Waals surface area contributed by atoms with Gasteiger partial charge in [0.05, 0.1) is 6.61 Å². The molecule has 1 fully saturated rings. The summed E-state index contributed by atoms with van der Waals surface area (Å²) >= 11 is 0. The van der Waals surface area contributed by atoms with Crippen LogP contribution in [0.25, 0.3) is 0 Å². The van der Waals surface area contributed by atoms with Crippen LogP contribution in [0.3, 0.4) is 0 Å². The second-order valence-corrected chi connectivity index (χ2v) is 2.62. The zero-order valence-electron chi connectivity index (χ0n) is 6.08. The first-order valence-electron chi connectivity index (χ1n) is 3.61. The van der Waals surface area contributed by atoms with E-state index in [0.29, 0.717) is 0 Å². The van der Waals surface area contributed by atoms with E-state index in [9.17, 15) is 0 Å². The Morgan fingerprint density at radius 2 is 2.50 bits per heavy atom. The lowest BCUT2D eigenvalue weighted by Gasteiger charge is -2.24. The molecule has 54 valence electrons. The Kier molecular flexibility index (Phi) is 2.96. The van der Waals surface area contributed by atoms with E-state index in [1.165, 1.54) is 5.57 Å². The number of nitrogens with zero attached hydrogens (tertiary/aromatic N) is 1. The normalized spacial score (nSPS) is 25.5. The predicted octanol–water partition coefficient (Wildman–Crippen LogP) is 0.0844. The van der Waals surface area contributed by atoms with Crippen LogP contribution in [0.15, 0.2) is 11.6 Å². The summed E-state index contributed by atoms with van der Waals surface area (Å²) in [5, 5.41) is 8.57. The highest BCUT2D eigenvalue weighted by Crippen LogP contribution is 2.12. The van der Waals surface area contributed by atoms with E-state index in [0.717, 1.165) is 25.9 Å². The number of hydrogen-bond donors (Lipinski definition) is 1. The van der Waals surface area contributed by atoms with Crippen molar-refractivity contribution in [3.63, 3.8) is 0 Å². The first-order chi connectivity index (χ1) is 4.83. The topological polar surface area (TPSA) is 23.5 Å². The van der Waals surface area contributed by atoms with Crippen molar-refractivity contribution in [3.8, 4) is 0 Å². The molecular formula is C7H12BNO. The van der Waals surface area contributed by atoms with Crippen molar-refractivity contribution >= 4 is 7.98 Å². The van der Waals surface area contributed by atoms with Crippen LogP contribution in [0.4, 0.5) is 0 Å². The molecule has 0 bridgehead atoms. The van der Waals surface area contributed by atoms with Gasteiger partial charge in [-0.15, -0.1) is 0 Å². The Morgan fingerprint density at radius 3 is 3.10 bits per heavy atom. The molecule has 1 aliphatic rings. The summed E-state index contributed by atoms with van der Waals surface area (Å²) in [5.41, 5.74) is 1.26. The molecule has 1 N–H and O–H groups in total. The Bertz CT molecular complexity index is 136. The fourth-order valence-electron chi connectivity index (χ4n) is 1.22. The molecule has 1 aliphatic heterocycles. The molecule has 0 aromatic heterocycles. The van der Waals surface area contributed by atoms with Gasteiger partial charge in [-0.3, -0.25) is 0 Å². The Hall–Kier alpha value is -0.275. The summed E-state index contributed by atoms with van der Waals surface area (Å²) in [7, 11) is 5.57. The monoisotopic (exact) mass is 137 g/mol. The minimum Gasteiger partial charge on any atom is -0.392 e. The van der Waals surface area contributed by atoms with Gasteiger partial charge in [-0.05, 0) is 19.4 Å². The zero-order chi connectivity index (χ0) is 7.40. The highest BCUT2D eigenvalue weighted by molar-refractivity contribution is 6.04. The summed E-state index contributed by atoms with van der Waals surface area (Å²) in [6, 6.07) is 0. The van der Waals surface area contributed by atoms with Gasteiger partial charge in [0, 0.05) is 6.54 Å². The molecular weight excluding hydrogens is 125 g/mol. The highest BCUT2D eigenvalue weighted by atomic mass is 16.2. The second-order valence-electron chi connectivity index (χ2n) is 2.62. The third-order valence-electron chi connectivity index (χ3n) is 1.73. The maximum atomic E-state index is 8.57. The van der Waals surface area contributed by atoms with Gasteiger partial charge in [0.15, 0.2) is 7.98 Å². The number of aliphatic hydroxyl groups excluding tert-OH is 1. The fraction of sp³-hybridized carbons (Fsp3) is 0.714. The SMILES string of the molecule is [B]N1CCC/C(=C\CO)C1. The lowest BCUT2D eigenvalue weighted by atomic mass is 10.0. The largest absolute Gasteiger partial charge is 0.392 e. The molecule has 0 amide bonds. The first-order valence-corrected chi connectivity index (χ1v) is 3.61. The van der Waals surface area contributed by atoms with E-state index < -0.39 is 0 Å². The smallest absolute Gasteiger partial charge is 0.182 e. The van der Waals surface area contributed by atoms with Gasteiger partial charge in [-0.1, -0.05) is 11.6 Å². The van der Waals surface area contributed by atoms with E-state index in [2.05, 4.69) is 0 Å². The van der Waals surface area contributed by atoms with Crippen LogP contribution in [-0.2, 0) is 0 Å². The van der Waals surface area contributed by atoms with Crippen molar-refractivity contribution in [2.24, 2.45) is 0 Å². The summed E-state index contributed by atoms with van der Waals surface area (Å²) in [6.07, 6.45) is 4.05. The molecule has 0 saturated carbocycles. The Labute approximate surface area is 63.0 Å². The lowest BCUT2D eigenvalue weighted by molar-refractivity contribution is 0.338. The molecule has 0 spiro atoms. The second kappa shape index (κ2) is 3.79. The predicted molar refractivity (Wildman–Crippen MR) is 41.7 cm³/mol. The molecule has 1 heterocycles. The molecule has 1 rings (SSSR count). The minimum atomic E-state index is 0.142. The third kappa shape index (κ3) is 2.16. The molecule has 0 aromatic rings. The van der Waals surface area contributed by atoms with Crippen molar-refractivity contribution in [1.29, 1.82) is 0 Å². The summed E-state index contributed by atoms with van der Waals surface area (Å²) in [5.74, 6) is 0. The van der Waals surface area contributed by atoms with Gasteiger partial charge in [0.2, 0.25) is 0 Å². The van der Waals surface area contributed by atoms with Crippen molar-refractivity contribution in [1.82, 2.24) is 4.81 Å². The molecule has 1 saturated heterocycles. The van der Waals surface area contributed by atoms with Gasteiger partial charge in [0.1, 0.15) is 0 Å². The van der Waals surface area contributed by atoms with Crippen LogP contribution in [-0.4, -0.2) is 37.6 Å². The lowest BCUT2D eigenvalue weighted by Crippen LogP contribution is -2.28. The van der Waals surface area contributed by atoms with Crippen molar-refractivity contribution in [3.05, 3.63) is 11.6 Å². The molecule has 0 unspecified atom stereocenters. The zero-order valence-corrected chi connectivity index (χ0v) is 6.08. The van der Waals surface area contributed by atoms with Gasteiger partial charge >= 0.3 is 0 Å². The first kappa shape index (κ1) is 7.83. The molecule has 2 nitrogen and oxygen atoms in total. The Balaban J connectivity index is 2.39. The van der Waals surface area contributed by atoms with E-state index in [1.54, 1.807) is 4.81 Å². The van der Waals surface area contributed by atoms with Crippen molar-refractivity contribution in [2.75, 3.05) is 19.7 Å². The Morgan fingerprint density at radius 1 is 1.70 bits per heavy atom. The summed E-state index contributed by atoms with van der Waals surface area (Å²) in [4.78, 5) is 1.78. The number of hydrogen-bond acceptors (Lipinski definition) is 2. The van der Waals surface area contributed by atoms with Crippen LogP contribution in [0.2, 0.25) is 0 Å². The minimum absolute atomic E-state index is 0.142. The standard InChI is InChI=1S/C7H12BNO/c8-9-4-1-2-7(6-9)3-5-10/h3,10H,1-2,4-6H2/b7-3+. The van der Waals surface area contributed by atoms with Crippen LogP contribution >= 0.6 is 0 Å². The molecule has 0 aliphatic carbocycles. The number of rotatable bonds is 1. The quantitative estimate of drug-likeness (QED) is 0.408. The van der Waals surface area contributed by atoms with E-state index in [-0.39, 0.29) is 6.61 Å². The molecule has 0 atom stereocenters. The number of aliphatic hydroxyl groups is 1. The molecule has 3 heteroatoms. The maximum Gasteiger partial charge on any atom is 0.182 e. The number of piperidine rings is 1. The summed E-state index contributed by atoms with van der Waals surface area (Å²) < 4.78 is 0. The third-order valence-corrected chi connectivity index (χ3v) is 1.73. The van der Waals surface area contributed by atoms with Crippen LogP contribution < -0.4 is 0 Å². The van der Waals surface area contributed by atoms with Crippen LogP contribution in [0.1, 0.15) is 12.8 Å².